The summed E-state index contributed by atoms with van der Waals surface area (Å²) < 4.78 is 0. The molecule has 0 spiro atoms. The van der Waals surface area contributed by atoms with Crippen molar-refractivity contribution in [3.8, 4) is 0 Å². The lowest BCUT2D eigenvalue weighted by molar-refractivity contribution is -0.136. The Morgan fingerprint density at radius 1 is 1.14 bits per heavy atom. The first kappa shape index (κ1) is 26.1. The molecule has 1 atom stereocenters. The third-order valence-electron chi connectivity index (χ3n) is 4.20. The largest absolute Gasteiger partial charge is 0.481 e. The van der Waals surface area contributed by atoms with E-state index in [4.69, 9.17) is 9.90 Å². The number of carboxylic acids is 1. The van der Waals surface area contributed by atoms with Gasteiger partial charge in [-0.25, -0.2) is 0 Å². The van der Waals surface area contributed by atoms with Crippen molar-refractivity contribution in [3.63, 3.8) is 0 Å². The Kier molecular flexibility index (Phi) is 12.0. The molecule has 158 valence electrons. The van der Waals surface area contributed by atoms with E-state index in [1.54, 1.807) is 20.8 Å². The van der Waals surface area contributed by atoms with Gasteiger partial charge in [-0.05, 0) is 51.8 Å². The van der Waals surface area contributed by atoms with Crippen LogP contribution >= 0.6 is 0 Å². The summed E-state index contributed by atoms with van der Waals surface area (Å²) in [7, 11) is 0. The van der Waals surface area contributed by atoms with Crippen molar-refractivity contribution in [1.82, 2.24) is 4.98 Å². The number of nitrogens with zero attached hydrogens (tertiary/aromatic N) is 1. The van der Waals surface area contributed by atoms with Crippen molar-refractivity contribution in [3.05, 3.63) is 41.1 Å². The normalized spacial score (nSPS) is 10.7. The van der Waals surface area contributed by atoms with Crippen LogP contribution in [0, 0.1) is 6.92 Å². The Morgan fingerprint density at radius 2 is 1.69 bits per heavy atom. The number of carbonyl (C=O) groups is 4. The van der Waals surface area contributed by atoms with Gasteiger partial charge in [0.2, 0.25) is 0 Å². The number of hydrogen-bond donors (Lipinski definition) is 1. The zero-order valence-electron chi connectivity index (χ0n) is 18.1. The standard InChI is InChI=1S/C18H21NO2.C3H6O2.C2H4O/c1-5-6-16(13(4)21)17-9-15-8-7-14(12(3)20)10-18(15)19-11(17)2;1-2-3(4)5;1-2-3/h7-10,16H,5-6H2,1-4H3;2H2,1H3,(H,4,5);2H,1H3. The molecule has 1 N–H and O–H groups in total. The molecule has 0 aliphatic heterocycles. The number of benzene rings is 1. The molecule has 0 bridgehead atoms. The highest BCUT2D eigenvalue weighted by atomic mass is 16.4. The average Bonchev–Trinajstić information content (AvgIpc) is 2.66. The molecule has 0 radical (unpaired) electrons. The highest BCUT2D eigenvalue weighted by Gasteiger charge is 2.19. The molecule has 0 aliphatic rings. The van der Waals surface area contributed by atoms with E-state index in [-0.39, 0.29) is 23.9 Å². The zero-order chi connectivity index (χ0) is 22.6. The van der Waals surface area contributed by atoms with Gasteiger partial charge >= 0.3 is 5.97 Å². The van der Waals surface area contributed by atoms with Crippen molar-refractivity contribution < 1.29 is 24.3 Å². The fourth-order valence-electron chi connectivity index (χ4n) is 2.72. The zero-order valence-corrected chi connectivity index (χ0v) is 18.1. The minimum Gasteiger partial charge on any atom is -0.481 e. The van der Waals surface area contributed by atoms with Crippen molar-refractivity contribution in [2.75, 3.05) is 0 Å². The molecule has 0 saturated heterocycles. The number of Topliss-reactive ketones (excluding diaryl/α,β-unsaturated/α-hetero) is 2. The lowest BCUT2D eigenvalue weighted by atomic mass is 9.89. The van der Waals surface area contributed by atoms with E-state index < -0.39 is 5.97 Å². The second-order valence-corrected chi connectivity index (χ2v) is 6.56. The number of aryl methyl sites for hydroxylation is 1. The number of aldehydes is 1. The summed E-state index contributed by atoms with van der Waals surface area (Å²) in [5.41, 5.74) is 3.35. The molecule has 1 aromatic carbocycles. The molecule has 0 aliphatic carbocycles. The average molecular weight is 402 g/mol. The quantitative estimate of drug-likeness (QED) is 0.545. The minimum atomic E-state index is -0.745. The highest BCUT2D eigenvalue weighted by molar-refractivity contribution is 5.98. The van der Waals surface area contributed by atoms with E-state index in [1.807, 2.05) is 31.2 Å². The molecule has 0 saturated carbocycles. The molecule has 6 nitrogen and oxygen atoms in total. The van der Waals surface area contributed by atoms with E-state index >= 15 is 0 Å². The summed E-state index contributed by atoms with van der Waals surface area (Å²) in [4.78, 5) is 46.1. The number of aromatic nitrogens is 1. The molecule has 2 aromatic rings. The minimum absolute atomic E-state index is 0.0352. The fraction of sp³-hybridized carbons (Fsp3) is 0.435. The van der Waals surface area contributed by atoms with Crippen LogP contribution in [0.2, 0.25) is 0 Å². The second kappa shape index (κ2) is 13.3. The molecule has 2 rings (SSSR count). The summed E-state index contributed by atoms with van der Waals surface area (Å²) in [6.45, 7) is 10.3. The van der Waals surface area contributed by atoms with Gasteiger partial charge in [0.05, 0.1) is 5.52 Å². The van der Waals surface area contributed by atoms with Crippen LogP contribution in [-0.2, 0) is 14.4 Å². The first-order valence-electron chi connectivity index (χ1n) is 9.66. The fourth-order valence-corrected chi connectivity index (χ4v) is 2.72. The summed E-state index contributed by atoms with van der Waals surface area (Å²) in [5, 5.41) is 8.70. The Hall–Kier alpha value is -2.89. The smallest absolute Gasteiger partial charge is 0.303 e. The van der Waals surface area contributed by atoms with Gasteiger partial charge in [0.1, 0.15) is 12.1 Å². The van der Waals surface area contributed by atoms with Gasteiger partial charge in [-0.15, -0.1) is 0 Å². The highest BCUT2D eigenvalue weighted by Crippen LogP contribution is 2.28. The van der Waals surface area contributed by atoms with Crippen LogP contribution < -0.4 is 0 Å². The SMILES string of the molecule is CC=O.CCC(=O)O.CCCC(C(C)=O)c1cc2ccc(C(C)=O)cc2nc1C. The van der Waals surface area contributed by atoms with Gasteiger partial charge in [-0.2, -0.15) is 0 Å². The Labute approximate surface area is 172 Å². The summed E-state index contributed by atoms with van der Waals surface area (Å²) in [5.74, 6) is -0.612. The molecule has 0 amide bonds. The van der Waals surface area contributed by atoms with Crippen molar-refractivity contribution in [1.29, 1.82) is 0 Å². The number of fused-ring (bicyclic) bond motifs is 1. The number of rotatable bonds is 6. The van der Waals surface area contributed by atoms with Crippen LogP contribution in [0.25, 0.3) is 10.9 Å². The van der Waals surface area contributed by atoms with Crippen LogP contribution in [0.5, 0.6) is 0 Å². The summed E-state index contributed by atoms with van der Waals surface area (Å²) in [6, 6.07) is 7.58. The van der Waals surface area contributed by atoms with Crippen LogP contribution in [0.4, 0.5) is 0 Å². The predicted octanol–water partition coefficient (Wildman–Crippen LogP) is 4.90. The summed E-state index contributed by atoms with van der Waals surface area (Å²) in [6.07, 6.45) is 2.78. The number of carboxylic acid groups (broad SMARTS) is 1. The number of aliphatic carboxylic acids is 1. The molecule has 1 aromatic heterocycles. The Morgan fingerprint density at radius 3 is 2.10 bits per heavy atom. The van der Waals surface area contributed by atoms with Crippen LogP contribution in [0.1, 0.15) is 81.4 Å². The molecule has 1 heterocycles. The molecule has 6 heteroatoms. The first-order chi connectivity index (χ1) is 13.6. The maximum atomic E-state index is 11.9. The van der Waals surface area contributed by atoms with Crippen LogP contribution in [0.3, 0.4) is 0 Å². The van der Waals surface area contributed by atoms with Crippen molar-refractivity contribution in [2.45, 2.75) is 66.7 Å². The van der Waals surface area contributed by atoms with Crippen molar-refractivity contribution >= 4 is 34.7 Å². The van der Waals surface area contributed by atoms with Gasteiger partial charge in [0, 0.05) is 29.0 Å². The molecule has 0 fully saturated rings. The predicted molar refractivity (Wildman–Crippen MR) is 114 cm³/mol. The topological polar surface area (TPSA) is 101 Å². The van der Waals surface area contributed by atoms with Gasteiger partial charge in [-0.3, -0.25) is 19.4 Å². The number of carbonyl (C=O) groups excluding carboxylic acids is 3. The molecular weight excluding hydrogens is 370 g/mol. The van der Waals surface area contributed by atoms with Crippen molar-refractivity contribution in [2.24, 2.45) is 0 Å². The van der Waals surface area contributed by atoms with E-state index in [9.17, 15) is 14.4 Å². The Balaban J connectivity index is 0.000000838. The number of hydrogen-bond acceptors (Lipinski definition) is 5. The van der Waals surface area contributed by atoms with E-state index in [2.05, 4.69) is 11.9 Å². The maximum absolute atomic E-state index is 11.9. The molecule has 29 heavy (non-hydrogen) atoms. The molecule has 1 unspecified atom stereocenters. The summed E-state index contributed by atoms with van der Waals surface area (Å²) >= 11 is 0. The van der Waals surface area contributed by atoms with E-state index in [1.165, 1.54) is 6.92 Å². The first-order valence-corrected chi connectivity index (χ1v) is 9.66. The van der Waals surface area contributed by atoms with Crippen LogP contribution in [-0.4, -0.2) is 33.9 Å². The van der Waals surface area contributed by atoms with Crippen LogP contribution in [0.15, 0.2) is 24.3 Å². The Bertz CT molecular complexity index is 858. The van der Waals surface area contributed by atoms with E-state index in [0.717, 1.165) is 41.3 Å². The monoisotopic (exact) mass is 401 g/mol. The third-order valence-corrected chi connectivity index (χ3v) is 4.20. The van der Waals surface area contributed by atoms with Gasteiger partial charge in [0.25, 0.3) is 0 Å². The maximum Gasteiger partial charge on any atom is 0.303 e. The lowest BCUT2D eigenvalue weighted by Crippen LogP contribution is -2.11. The van der Waals surface area contributed by atoms with E-state index in [0.29, 0.717) is 5.56 Å². The number of ketones is 2. The van der Waals surface area contributed by atoms with Gasteiger partial charge < -0.3 is 9.90 Å². The second-order valence-electron chi connectivity index (χ2n) is 6.56. The molecular formula is C23H31NO5. The number of pyridine rings is 1. The van der Waals surface area contributed by atoms with Gasteiger partial charge in [-0.1, -0.05) is 32.4 Å². The van der Waals surface area contributed by atoms with Gasteiger partial charge in [0.15, 0.2) is 5.78 Å². The lowest BCUT2D eigenvalue weighted by Gasteiger charge is -2.16. The third kappa shape index (κ3) is 8.77.